The van der Waals surface area contributed by atoms with E-state index in [4.69, 9.17) is 0 Å². The Morgan fingerprint density at radius 3 is 2.88 bits per heavy atom. The molecule has 0 bridgehead atoms. The summed E-state index contributed by atoms with van der Waals surface area (Å²) in [6, 6.07) is 7.66. The average molecular weight is 280 g/mol. The molecule has 2 fully saturated rings. The number of benzene rings is 1. The van der Waals surface area contributed by atoms with Crippen LogP contribution in [0.25, 0.3) is 0 Å². The molecule has 2 heteroatoms. The summed E-state index contributed by atoms with van der Waals surface area (Å²) in [5.74, 6) is 1.71. The van der Waals surface area contributed by atoms with Crippen molar-refractivity contribution < 1.29 is 0 Å². The molecular weight excluding hydrogens is 262 g/mol. The molecule has 0 aliphatic heterocycles. The molecule has 0 heterocycles. The second-order valence-corrected chi connectivity index (χ2v) is 6.15. The number of aryl methyl sites for hydroxylation is 1. The Kier molecular flexibility index (Phi) is 2.80. The molecule has 2 unspecified atom stereocenters. The van der Waals surface area contributed by atoms with Crippen molar-refractivity contribution in [3.8, 4) is 0 Å². The lowest BCUT2D eigenvalue weighted by molar-refractivity contribution is 0.624. The highest BCUT2D eigenvalue weighted by atomic mass is 79.9. The van der Waals surface area contributed by atoms with Crippen LogP contribution in [0.4, 0.5) is 0 Å². The molecule has 3 rings (SSSR count). The fraction of sp³-hybridized carbons (Fsp3) is 0.571. The Morgan fingerprint density at radius 2 is 2.19 bits per heavy atom. The first-order valence-electron chi connectivity index (χ1n) is 6.23. The summed E-state index contributed by atoms with van der Waals surface area (Å²) in [5.41, 5.74) is 2.89. The van der Waals surface area contributed by atoms with Gasteiger partial charge in [-0.3, -0.25) is 0 Å². The molecule has 1 aromatic carbocycles. The molecule has 0 spiro atoms. The number of halogens is 1. The SMILES string of the molecule is Cc1cc(C2CC2CNC2CC2)ccc1Br. The maximum Gasteiger partial charge on any atom is 0.0204 e. The van der Waals surface area contributed by atoms with E-state index in [1.54, 1.807) is 0 Å². The lowest BCUT2D eigenvalue weighted by Gasteiger charge is -2.05. The third-order valence-electron chi connectivity index (χ3n) is 3.78. The maximum absolute atomic E-state index is 3.64. The third kappa shape index (κ3) is 2.33. The zero-order valence-electron chi connectivity index (χ0n) is 9.67. The Hall–Kier alpha value is -0.340. The third-order valence-corrected chi connectivity index (χ3v) is 4.67. The molecule has 0 radical (unpaired) electrons. The van der Waals surface area contributed by atoms with E-state index in [9.17, 15) is 0 Å². The van der Waals surface area contributed by atoms with E-state index in [0.29, 0.717) is 0 Å². The molecule has 0 saturated heterocycles. The predicted molar refractivity (Wildman–Crippen MR) is 70.8 cm³/mol. The van der Waals surface area contributed by atoms with Gasteiger partial charge in [0.2, 0.25) is 0 Å². The quantitative estimate of drug-likeness (QED) is 0.888. The first-order valence-corrected chi connectivity index (χ1v) is 7.03. The van der Waals surface area contributed by atoms with Crippen LogP contribution in [-0.2, 0) is 0 Å². The van der Waals surface area contributed by atoms with Crippen LogP contribution < -0.4 is 5.32 Å². The lowest BCUT2D eigenvalue weighted by Crippen LogP contribution is -2.19. The van der Waals surface area contributed by atoms with Gasteiger partial charge in [-0.05, 0) is 61.8 Å². The number of hydrogen-bond donors (Lipinski definition) is 1. The molecular formula is C14H18BrN. The van der Waals surface area contributed by atoms with Crippen LogP contribution in [0.15, 0.2) is 22.7 Å². The van der Waals surface area contributed by atoms with Gasteiger partial charge in [0.05, 0.1) is 0 Å². The summed E-state index contributed by atoms with van der Waals surface area (Å²) in [7, 11) is 0. The largest absolute Gasteiger partial charge is 0.314 e. The van der Waals surface area contributed by atoms with E-state index in [2.05, 4.69) is 46.4 Å². The Bertz CT molecular complexity index is 398. The van der Waals surface area contributed by atoms with Gasteiger partial charge in [-0.1, -0.05) is 28.1 Å². The van der Waals surface area contributed by atoms with Crippen LogP contribution in [0.5, 0.6) is 0 Å². The zero-order chi connectivity index (χ0) is 11.1. The van der Waals surface area contributed by atoms with E-state index in [-0.39, 0.29) is 0 Å². The molecule has 1 nitrogen and oxygen atoms in total. The van der Waals surface area contributed by atoms with Gasteiger partial charge in [0.15, 0.2) is 0 Å². The predicted octanol–water partition coefficient (Wildman–Crippen LogP) is 3.61. The van der Waals surface area contributed by atoms with Gasteiger partial charge in [0.25, 0.3) is 0 Å². The summed E-state index contributed by atoms with van der Waals surface area (Å²) >= 11 is 3.56. The monoisotopic (exact) mass is 279 g/mol. The first-order chi connectivity index (χ1) is 7.74. The van der Waals surface area contributed by atoms with Gasteiger partial charge in [0, 0.05) is 10.5 Å². The van der Waals surface area contributed by atoms with Crippen LogP contribution in [0.3, 0.4) is 0 Å². The molecule has 16 heavy (non-hydrogen) atoms. The number of hydrogen-bond acceptors (Lipinski definition) is 1. The molecule has 0 amide bonds. The molecule has 1 aromatic rings. The van der Waals surface area contributed by atoms with Gasteiger partial charge in [-0.15, -0.1) is 0 Å². The van der Waals surface area contributed by atoms with Crippen molar-refractivity contribution >= 4 is 15.9 Å². The van der Waals surface area contributed by atoms with E-state index in [1.807, 2.05) is 0 Å². The molecule has 86 valence electrons. The van der Waals surface area contributed by atoms with E-state index < -0.39 is 0 Å². The van der Waals surface area contributed by atoms with Crippen molar-refractivity contribution in [2.45, 2.75) is 38.1 Å². The normalized spacial score (nSPS) is 28.1. The van der Waals surface area contributed by atoms with Gasteiger partial charge in [-0.2, -0.15) is 0 Å². The standard InChI is InChI=1S/C14H18BrN/c1-9-6-10(2-5-14(9)15)13-7-11(13)8-16-12-3-4-12/h2,5-6,11-13,16H,3-4,7-8H2,1H3. The van der Waals surface area contributed by atoms with Crippen molar-refractivity contribution in [2.75, 3.05) is 6.54 Å². The van der Waals surface area contributed by atoms with Crippen LogP contribution in [0, 0.1) is 12.8 Å². The second kappa shape index (κ2) is 4.15. The number of rotatable bonds is 4. The second-order valence-electron chi connectivity index (χ2n) is 5.29. The highest BCUT2D eigenvalue weighted by molar-refractivity contribution is 9.10. The average Bonchev–Trinajstić information content (AvgIpc) is 3.13. The number of nitrogens with one attached hydrogen (secondary N) is 1. The first kappa shape index (κ1) is 10.8. The molecule has 1 N–H and O–H groups in total. The van der Waals surface area contributed by atoms with Crippen LogP contribution >= 0.6 is 15.9 Å². The fourth-order valence-corrected chi connectivity index (χ4v) is 2.63. The topological polar surface area (TPSA) is 12.0 Å². The van der Waals surface area contributed by atoms with Gasteiger partial charge < -0.3 is 5.32 Å². The lowest BCUT2D eigenvalue weighted by atomic mass is 10.1. The highest BCUT2D eigenvalue weighted by Gasteiger charge is 2.38. The van der Waals surface area contributed by atoms with Crippen molar-refractivity contribution in [2.24, 2.45) is 5.92 Å². The van der Waals surface area contributed by atoms with Gasteiger partial charge >= 0.3 is 0 Å². The van der Waals surface area contributed by atoms with Gasteiger partial charge in [-0.25, -0.2) is 0 Å². The summed E-state index contributed by atoms with van der Waals surface area (Å²) in [4.78, 5) is 0. The van der Waals surface area contributed by atoms with Crippen molar-refractivity contribution in [3.05, 3.63) is 33.8 Å². The Labute approximate surface area is 106 Å². The molecule has 2 aliphatic rings. The van der Waals surface area contributed by atoms with E-state index in [0.717, 1.165) is 17.9 Å². The summed E-state index contributed by atoms with van der Waals surface area (Å²) in [6.45, 7) is 3.40. The smallest absolute Gasteiger partial charge is 0.0204 e. The zero-order valence-corrected chi connectivity index (χ0v) is 11.3. The summed E-state index contributed by atoms with van der Waals surface area (Å²) < 4.78 is 1.23. The Morgan fingerprint density at radius 1 is 1.38 bits per heavy atom. The summed E-state index contributed by atoms with van der Waals surface area (Å²) in [6.07, 6.45) is 4.17. The van der Waals surface area contributed by atoms with Gasteiger partial charge in [0.1, 0.15) is 0 Å². The van der Waals surface area contributed by atoms with Crippen LogP contribution in [0.2, 0.25) is 0 Å². The van der Waals surface area contributed by atoms with Crippen molar-refractivity contribution in [1.29, 1.82) is 0 Å². The van der Waals surface area contributed by atoms with Crippen molar-refractivity contribution in [3.63, 3.8) is 0 Å². The minimum atomic E-state index is 0.818. The molecule has 2 atom stereocenters. The van der Waals surface area contributed by atoms with E-state index >= 15 is 0 Å². The molecule has 2 aliphatic carbocycles. The molecule has 0 aromatic heterocycles. The summed E-state index contributed by atoms with van der Waals surface area (Å²) in [5, 5.41) is 3.64. The highest BCUT2D eigenvalue weighted by Crippen LogP contribution is 2.47. The van der Waals surface area contributed by atoms with Crippen LogP contribution in [0.1, 0.15) is 36.3 Å². The maximum atomic E-state index is 3.64. The Balaban J connectivity index is 1.59. The van der Waals surface area contributed by atoms with Crippen molar-refractivity contribution in [1.82, 2.24) is 5.32 Å². The van der Waals surface area contributed by atoms with Crippen LogP contribution in [-0.4, -0.2) is 12.6 Å². The van der Waals surface area contributed by atoms with E-state index in [1.165, 1.54) is 41.4 Å². The minimum absolute atomic E-state index is 0.818. The molecule has 2 saturated carbocycles. The minimum Gasteiger partial charge on any atom is -0.314 e. The fourth-order valence-electron chi connectivity index (χ4n) is 2.39.